The van der Waals surface area contributed by atoms with Gasteiger partial charge in [0, 0.05) is 35.2 Å². The molecule has 1 heterocycles. The molecule has 1 amide bonds. The Morgan fingerprint density at radius 3 is 2.59 bits per heavy atom. The van der Waals surface area contributed by atoms with Crippen molar-refractivity contribution in [2.75, 3.05) is 14.2 Å². The molecule has 0 aromatic heterocycles. The summed E-state index contributed by atoms with van der Waals surface area (Å²) >= 11 is 6.53. The highest BCUT2D eigenvalue weighted by Gasteiger charge is 2.31. The minimum atomic E-state index is -0.632. The Hall–Kier alpha value is -3.05. The van der Waals surface area contributed by atoms with Crippen LogP contribution in [-0.2, 0) is 6.42 Å². The van der Waals surface area contributed by atoms with Crippen LogP contribution in [0.1, 0.15) is 27.6 Å². The van der Waals surface area contributed by atoms with Crippen LogP contribution in [0.15, 0.2) is 54.6 Å². The Morgan fingerprint density at radius 2 is 1.90 bits per heavy atom. The van der Waals surface area contributed by atoms with Gasteiger partial charge in [0.2, 0.25) is 0 Å². The van der Waals surface area contributed by atoms with Crippen molar-refractivity contribution < 1.29 is 18.7 Å². The SMILES string of the molecule is CNC(=O)c1ccc(OC)c(F)c1-c1c(Cl)ccc2c1CC(c1ccccc1)O2. The number of carbonyl (C=O) groups excluding carboxylic acids is 1. The van der Waals surface area contributed by atoms with Crippen molar-refractivity contribution >= 4 is 17.5 Å². The zero-order valence-corrected chi connectivity index (χ0v) is 16.7. The number of ether oxygens (including phenoxy) is 2. The number of halogens is 2. The molecule has 0 bridgehead atoms. The van der Waals surface area contributed by atoms with Crippen LogP contribution in [-0.4, -0.2) is 20.1 Å². The maximum absolute atomic E-state index is 15.4. The fourth-order valence-electron chi connectivity index (χ4n) is 3.70. The second-order valence-corrected chi connectivity index (χ2v) is 7.11. The highest BCUT2D eigenvalue weighted by atomic mass is 35.5. The summed E-state index contributed by atoms with van der Waals surface area (Å²) in [6.45, 7) is 0. The molecule has 0 fully saturated rings. The molecule has 1 unspecified atom stereocenters. The van der Waals surface area contributed by atoms with Crippen LogP contribution in [0.4, 0.5) is 4.39 Å². The van der Waals surface area contributed by atoms with Crippen molar-refractivity contribution in [3.8, 4) is 22.6 Å². The number of rotatable bonds is 4. The van der Waals surface area contributed by atoms with Crippen molar-refractivity contribution in [1.29, 1.82) is 0 Å². The number of methoxy groups -OCH3 is 1. The molecule has 148 valence electrons. The molecule has 4 nitrogen and oxygen atoms in total. The van der Waals surface area contributed by atoms with E-state index < -0.39 is 11.7 Å². The molecule has 1 aliphatic heterocycles. The van der Waals surface area contributed by atoms with E-state index in [-0.39, 0.29) is 23.0 Å². The molecule has 0 saturated heterocycles. The first-order chi connectivity index (χ1) is 14.0. The molecule has 0 radical (unpaired) electrons. The normalized spacial score (nSPS) is 14.8. The van der Waals surface area contributed by atoms with Gasteiger partial charge < -0.3 is 14.8 Å². The van der Waals surface area contributed by atoms with Gasteiger partial charge in [-0.25, -0.2) is 4.39 Å². The van der Waals surface area contributed by atoms with E-state index in [1.807, 2.05) is 30.3 Å². The molecule has 6 heteroatoms. The van der Waals surface area contributed by atoms with E-state index >= 15 is 4.39 Å². The standard InChI is InChI=1S/C23H19ClFNO3/c1-26-23(27)14-8-10-18(28-2)22(25)21(14)20-15-12-19(13-6-4-3-5-7-13)29-17(15)11-9-16(20)24/h3-11,19H,12H2,1-2H3,(H,26,27). The molecular formula is C23H19ClFNO3. The molecular weight excluding hydrogens is 393 g/mol. The summed E-state index contributed by atoms with van der Waals surface area (Å²) in [5.74, 6) is -0.371. The van der Waals surface area contributed by atoms with Crippen LogP contribution < -0.4 is 14.8 Å². The summed E-state index contributed by atoms with van der Waals surface area (Å²) in [5, 5.41) is 2.90. The lowest BCUT2D eigenvalue weighted by Gasteiger charge is -2.16. The third-order valence-electron chi connectivity index (χ3n) is 5.10. The topological polar surface area (TPSA) is 47.6 Å². The zero-order valence-electron chi connectivity index (χ0n) is 16.0. The van der Waals surface area contributed by atoms with Crippen molar-refractivity contribution in [2.24, 2.45) is 0 Å². The maximum Gasteiger partial charge on any atom is 0.251 e. The van der Waals surface area contributed by atoms with Crippen LogP contribution in [0, 0.1) is 5.82 Å². The van der Waals surface area contributed by atoms with E-state index in [0.717, 1.165) is 11.1 Å². The van der Waals surface area contributed by atoms with E-state index in [1.165, 1.54) is 26.3 Å². The molecule has 4 rings (SSSR count). The third-order valence-corrected chi connectivity index (χ3v) is 5.41. The minimum absolute atomic E-state index is 0.0415. The smallest absolute Gasteiger partial charge is 0.251 e. The Labute approximate surface area is 173 Å². The van der Waals surface area contributed by atoms with Gasteiger partial charge in [0.25, 0.3) is 5.91 Å². The number of nitrogens with one attached hydrogen (secondary N) is 1. The Kier molecular flexibility index (Phi) is 5.16. The highest BCUT2D eigenvalue weighted by Crippen LogP contribution is 2.47. The zero-order chi connectivity index (χ0) is 20.5. The number of hydrogen-bond donors (Lipinski definition) is 1. The van der Waals surface area contributed by atoms with Crippen molar-refractivity contribution in [3.05, 3.63) is 82.1 Å². The number of hydrogen-bond acceptors (Lipinski definition) is 3. The maximum atomic E-state index is 15.4. The summed E-state index contributed by atoms with van der Waals surface area (Å²) in [6, 6.07) is 16.2. The lowest BCUT2D eigenvalue weighted by molar-refractivity contribution is 0.0963. The van der Waals surface area contributed by atoms with E-state index in [4.69, 9.17) is 21.1 Å². The van der Waals surface area contributed by atoms with E-state index in [9.17, 15) is 4.79 Å². The summed E-state index contributed by atoms with van der Waals surface area (Å²) in [6.07, 6.45) is 0.305. The molecule has 3 aromatic rings. The largest absolute Gasteiger partial charge is 0.494 e. The monoisotopic (exact) mass is 411 g/mol. The summed E-state index contributed by atoms with van der Waals surface area (Å²) in [7, 11) is 2.88. The van der Waals surface area contributed by atoms with Gasteiger partial charge >= 0.3 is 0 Å². The van der Waals surface area contributed by atoms with E-state index in [1.54, 1.807) is 12.1 Å². The number of amides is 1. The van der Waals surface area contributed by atoms with Gasteiger partial charge in [-0.05, 0) is 29.8 Å². The second-order valence-electron chi connectivity index (χ2n) is 6.70. The predicted octanol–water partition coefficient (Wildman–Crippen LogP) is 5.19. The summed E-state index contributed by atoms with van der Waals surface area (Å²) < 4.78 is 26.6. The van der Waals surface area contributed by atoms with Crippen molar-refractivity contribution in [3.63, 3.8) is 0 Å². The summed E-state index contributed by atoms with van der Waals surface area (Å²) in [4.78, 5) is 12.5. The molecule has 0 saturated carbocycles. The quantitative estimate of drug-likeness (QED) is 0.642. The van der Waals surface area contributed by atoms with Gasteiger partial charge in [-0.3, -0.25) is 4.79 Å². The van der Waals surface area contributed by atoms with Crippen LogP contribution in [0.5, 0.6) is 11.5 Å². The first kappa shape index (κ1) is 19.3. The molecule has 29 heavy (non-hydrogen) atoms. The van der Waals surface area contributed by atoms with Crippen LogP contribution in [0.3, 0.4) is 0 Å². The lowest BCUT2D eigenvalue weighted by Crippen LogP contribution is -2.19. The average Bonchev–Trinajstić information content (AvgIpc) is 3.18. The molecule has 1 N–H and O–H groups in total. The van der Waals surface area contributed by atoms with Crippen LogP contribution in [0.25, 0.3) is 11.1 Å². The lowest BCUT2D eigenvalue weighted by atomic mass is 9.91. The fraction of sp³-hybridized carbons (Fsp3) is 0.174. The van der Waals surface area contributed by atoms with Gasteiger partial charge in [0.05, 0.1) is 12.7 Å². The van der Waals surface area contributed by atoms with Gasteiger partial charge in [0.15, 0.2) is 11.6 Å². The molecule has 3 aromatic carbocycles. The Morgan fingerprint density at radius 1 is 1.14 bits per heavy atom. The van der Waals surface area contributed by atoms with Crippen molar-refractivity contribution in [2.45, 2.75) is 12.5 Å². The Bertz CT molecular complexity index is 1090. The number of fused-ring (bicyclic) bond motifs is 1. The Balaban J connectivity index is 1.91. The van der Waals surface area contributed by atoms with Gasteiger partial charge in [0.1, 0.15) is 11.9 Å². The predicted molar refractivity (Wildman–Crippen MR) is 110 cm³/mol. The fourth-order valence-corrected chi connectivity index (χ4v) is 3.97. The van der Waals surface area contributed by atoms with Gasteiger partial charge in [-0.15, -0.1) is 0 Å². The van der Waals surface area contributed by atoms with Gasteiger partial charge in [-0.1, -0.05) is 41.9 Å². The number of benzene rings is 3. The third kappa shape index (κ3) is 3.32. The molecule has 1 atom stereocenters. The first-order valence-corrected chi connectivity index (χ1v) is 9.54. The van der Waals surface area contributed by atoms with Crippen molar-refractivity contribution in [1.82, 2.24) is 5.32 Å². The second kappa shape index (κ2) is 7.76. The van der Waals surface area contributed by atoms with E-state index in [0.29, 0.717) is 22.8 Å². The van der Waals surface area contributed by atoms with Crippen LogP contribution in [0.2, 0.25) is 5.02 Å². The van der Waals surface area contributed by atoms with E-state index in [2.05, 4.69) is 5.32 Å². The van der Waals surface area contributed by atoms with Crippen LogP contribution >= 0.6 is 11.6 Å². The highest BCUT2D eigenvalue weighted by molar-refractivity contribution is 6.34. The van der Waals surface area contributed by atoms with Gasteiger partial charge in [-0.2, -0.15) is 0 Å². The molecule has 0 spiro atoms. The number of carbonyl (C=O) groups is 1. The molecule has 0 aliphatic carbocycles. The molecule has 1 aliphatic rings. The minimum Gasteiger partial charge on any atom is -0.494 e. The first-order valence-electron chi connectivity index (χ1n) is 9.17. The average molecular weight is 412 g/mol. The summed E-state index contributed by atoms with van der Waals surface area (Å²) in [5.41, 5.74) is 2.54.